The number of alkyl halides is 3. The van der Waals surface area contributed by atoms with E-state index in [0.29, 0.717) is 0 Å². The lowest BCUT2D eigenvalue weighted by molar-refractivity contribution is -0.274. The summed E-state index contributed by atoms with van der Waals surface area (Å²) in [6.07, 6.45) is -4.34. The molecule has 0 spiro atoms. The second kappa shape index (κ2) is 11.2. The molecule has 1 heterocycles. The summed E-state index contributed by atoms with van der Waals surface area (Å²) >= 11 is 0. The normalized spacial score (nSPS) is 17.0. The summed E-state index contributed by atoms with van der Waals surface area (Å²) in [6.45, 7) is 1.28. The van der Waals surface area contributed by atoms with E-state index in [1.165, 1.54) is 0 Å². The van der Waals surface area contributed by atoms with Gasteiger partial charge in [-0.05, 0) is 41.8 Å². The van der Waals surface area contributed by atoms with Gasteiger partial charge in [0, 0.05) is 26.2 Å². The van der Waals surface area contributed by atoms with Crippen LogP contribution in [-0.2, 0) is 27.8 Å². The summed E-state index contributed by atoms with van der Waals surface area (Å²) in [5.74, 6) is -1.30. The molecule has 196 valence electrons. The fourth-order valence-corrected chi connectivity index (χ4v) is 5.38. The Morgan fingerprint density at radius 2 is 1.67 bits per heavy atom. The zero-order valence-corrected chi connectivity index (χ0v) is 20.2. The number of sulfonamides is 1. The van der Waals surface area contributed by atoms with Gasteiger partial charge in [0.25, 0.3) is 0 Å². The fraction of sp³-hybridized carbons (Fsp3) is 0.391. The minimum Gasteiger partial charge on any atom is -0.465 e. The zero-order chi connectivity index (χ0) is 26.5. The van der Waals surface area contributed by atoms with Crippen molar-refractivity contribution in [3.05, 3.63) is 59.7 Å². The Morgan fingerprint density at radius 1 is 1.06 bits per heavy atom. The minimum absolute atomic E-state index is 0.103. The topological polar surface area (TPSA) is 116 Å². The minimum atomic E-state index is -4.94. The number of amides is 2. The van der Waals surface area contributed by atoms with Gasteiger partial charge < -0.3 is 20.1 Å². The summed E-state index contributed by atoms with van der Waals surface area (Å²) in [4.78, 5) is 25.1. The molecule has 0 aromatic heterocycles. The Bertz CT molecular complexity index is 1170. The number of piperazine rings is 1. The van der Waals surface area contributed by atoms with Crippen molar-refractivity contribution in [2.45, 2.75) is 43.6 Å². The average molecular weight is 530 g/mol. The number of benzene rings is 2. The molecule has 9 nitrogen and oxygen atoms in total. The van der Waals surface area contributed by atoms with Crippen molar-refractivity contribution in [1.82, 2.24) is 14.5 Å². The van der Waals surface area contributed by atoms with Crippen LogP contribution in [0, 0.1) is 0 Å². The predicted molar refractivity (Wildman–Crippen MR) is 123 cm³/mol. The molecule has 2 aromatic rings. The van der Waals surface area contributed by atoms with Crippen molar-refractivity contribution >= 4 is 22.0 Å². The number of carboxylic acid groups (broad SMARTS) is 1. The number of carbonyl (C=O) groups is 2. The van der Waals surface area contributed by atoms with Crippen molar-refractivity contribution in [2.24, 2.45) is 0 Å². The number of aryl methyl sites for hydroxylation is 1. The van der Waals surface area contributed by atoms with Gasteiger partial charge in [-0.15, -0.1) is 13.2 Å². The van der Waals surface area contributed by atoms with Crippen LogP contribution in [0.15, 0.2) is 53.4 Å². The second-order valence-corrected chi connectivity index (χ2v) is 10.1. The Morgan fingerprint density at radius 3 is 2.22 bits per heavy atom. The third-order valence-electron chi connectivity index (χ3n) is 5.60. The van der Waals surface area contributed by atoms with Crippen LogP contribution in [0.3, 0.4) is 0 Å². The molecule has 0 bridgehead atoms. The Hall–Kier alpha value is -3.32. The van der Waals surface area contributed by atoms with E-state index in [4.69, 9.17) is 0 Å². The van der Waals surface area contributed by atoms with Crippen LogP contribution >= 0.6 is 0 Å². The Kier molecular flexibility index (Phi) is 8.46. The maximum absolute atomic E-state index is 13.3. The third-order valence-corrected chi connectivity index (χ3v) is 7.52. The molecular formula is C23H26F3N3O6S. The van der Waals surface area contributed by atoms with E-state index in [-0.39, 0.29) is 24.5 Å². The maximum atomic E-state index is 13.3. The number of halogens is 3. The van der Waals surface area contributed by atoms with Gasteiger partial charge in [0.2, 0.25) is 15.9 Å². The molecule has 1 saturated heterocycles. The highest BCUT2D eigenvalue weighted by molar-refractivity contribution is 7.89. The van der Waals surface area contributed by atoms with Crippen molar-refractivity contribution in [3.8, 4) is 5.75 Å². The van der Waals surface area contributed by atoms with Gasteiger partial charge >= 0.3 is 12.5 Å². The van der Waals surface area contributed by atoms with Gasteiger partial charge in [-0.3, -0.25) is 4.79 Å². The molecule has 1 atom stereocenters. The molecule has 1 aliphatic rings. The van der Waals surface area contributed by atoms with Gasteiger partial charge in [0.05, 0.1) is 4.90 Å². The largest absolute Gasteiger partial charge is 0.573 e. The van der Waals surface area contributed by atoms with E-state index in [1.54, 1.807) is 0 Å². The fourth-order valence-electron chi connectivity index (χ4n) is 3.81. The number of hydrogen-bond donors (Lipinski definition) is 2. The highest BCUT2D eigenvalue weighted by Gasteiger charge is 2.41. The quantitative estimate of drug-likeness (QED) is 0.543. The number of ether oxygens (including phenoxy) is 1. The molecule has 2 aromatic carbocycles. The maximum Gasteiger partial charge on any atom is 0.573 e. The standard InChI is InChI=1S/C23H26F3N3O6S/c1-2-3-16-4-6-17(7-5-16)14-27-21(30)20-15-28(22(31)32)12-13-29(20)36(33,34)19-10-8-18(9-11-19)35-23(24,25)26/h4-11,20H,2-3,12-15H2,1H3,(H,27,30)(H,31,32)/t20-/m1/s1. The van der Waals surface area contributed by atoms with E-state index >= 15 is 0 Å². The summed E-state index contributed by atoms with van der Waals surface area (Å²) in [6, 6.07) is 9.76. The summed E-state index contributed by atoms with van der Waals surface area (Å²) in [5, 5.41) is 12.0. The van der Waals surface area contributed by atoms with Gasteiger partial charge in [0.15, 0.2) is 0 Å². The van der Waals surface area contributed by atoms with E-state index in [0.717, 1.165) is 57.4 Å². The highest BCUT2D eigenvalue weighted by Crippen LogP contribution is 2.27. The molecule has 0 unspecified atom stereocenters. The summed E-state index contributed by atoms with van der Waals surface area (Å²) in [7, 11) is -4.34. The van der Waals surface area contributed by atoms with Gasteiger partial charge in [0.1, 0.15) is 11.8 Å². The molecule has 0 radical (unpaired) electrons. The smallest absolute Gasteiger partial charge is 0.465 e. The van der Waals surface area contributed by atoms with Crippen LogP contribution in [0.2, 0.25) is 0 Å². The first-order chi connectivity index (χ1) is 16.9. The first-order valence-electron chi connectivity index (χ1n) is 11.1. The van der Waals surface area contributed by atoms with Crippen LogP contribution in [0.1, 0.15) is 24.5 Å². The Labute approximate surface area is 206 Å². The number of rotatable bonds is 8. The third kappa shape index (κ3) is 6.88. The first kappa shape index (κ1) is 27.3. The molecule has 0 aliphatic carbocycles. The number of hydrogen-bond acceptors (Lipinski definition) is 5. The average Bonchev–Trinajstić information content (AvgIpc) is 2.82. The van der Waals surface area contributed by atoms with E-state index in [1.807, 2.05) is 24.3 Å². The Balaban J connectivity index is 1.78. The van der Waals surface area contributed by atoms with Crippen LogP contribution < -0.4 is 10.1 Å². The first-order valence-corrected chi connectivity index (χ1v) is 12.6. The van der Waals surface area contributed by atoms with Crippen molar-refractivity contribution in [3.63, 3.8) is 0 Å². The van der Waals surface area contributed by atoms with E-state index in [2.05, 4.69) is 17.0 Å². The lowest BCUT2D eigenvalue weighted by Gasteiger charge is -2.38. The van der Waals surface area contributed by atoms with Crippen molar-refractivity contribution < 1.29 is 41.0 Å². The number of nitrogens with one attached hydrogen (secondary N) is 1. The molecule has 1 aliphatic heterocycles. The van der Waals surface area contributed by atoms with Gasteiger partial charge in [-0.2, -0.15) is 4.31 Å². The van der Waals surface area contributed by atoms with Gasteiger partial charge in [-0.1, -0.05) is 37.6 Å². The molecule has 13 heteroatoms. The molecule has 3 rings (SSSR count). The molecular weight excluding hydrogens is 503 g/mol. The van der Waals surface area contributed by atoms with Crippen molar-refractivity contribution in [2.75, 3.05) is 19.6 Å². The van der Waals surface area contributed by atoms with Crippen LogP contribution in [0.4, 0.5) is 18.0 Å². The van der Waals surface area contributed by atoms with Crippen molar-refractivity contribution in [1.29, 1.82) is 0 Å². The second-order valence-electron chi connectivity index (χ2n) is 8.16. The zero-order valence-electron chi connectivity index (χ0n) is 19.4. The molecule has 2 amide bonds. The molecule has 36 heavy (non-hydrogen) atoms. The highest BCUT2D eigenvalue weighted by atomic mass is 32.2. The molecule has 2 N–H and O–H groups in total. The van der Waals surface area contributed by atoms with E-state index < -0.39 is 46.7 Å². The monoisotopic (exact) mass is 529 g/mol. The number of nitrogens with zero attached hydrogens (tertiary/aromatic N) is 2. The molecule has 1 fully saturated rings. The van der Waals surface area contributed by atoms with Crippen LogP contribution in [0.25, 0.3) is 0 Å². The molecule has 0 saturated carbocycles. The summed E-state index contributed by atoms with van der Waals surface area (Å²) in [5.41, 5.74) is 1.92. The van der Waals surface area contributed by atoms with Crippen LogP contribution in [-0.4, -0.2) is 66.8 Å². The predicted octanol–water partition coefficient (Wildman–Crippen LogP) is 3.21. The van der Waals surface area contributed by atoms with Crippen LogP contribution in [0.5, 0.6) is 5.75 Å². The summed E-state index contributed by atoms with van der Waals surface area (Å²) < 4.78 is 68.4. The number of carbonyl (C=O) groups excluding carboxylic acids is 1. The van der Waals surface area contributed by atoms with Gasteiger partial charge in [-0.25, -0.2) is 13.2 Å². The SMILES string of the molecule is CCCc1ccc(CNC(=O)[C@H]2CN(C(=O)O)CCN2S(=O)(=O)c2ccc(OC(F)(F)F)cc2)cc1. The lowest BCUT2D eigenvalue weighted by Crippen LogP contribution is -2.61. The van der Waals surface area contributed by atoms with E-state index in [9.17, 15) is 36.3 Å². The lowest BCUT2D eigenvalue weighted by atomic mass is 10.1.